The van der Waals surface area contributed by atoms with Gasteiger partial charge in [-0.3, -0.25) is 0 Å². The van der Waals surface area contributed by atoms with Crippen molar-refractivity contribution in [2.24, 2.45) is 5.73 Å². The van der Waals surface area contributed by atoms with Gasteiger partial charge in [-0.2, -0.15) is 5.26 Å². The summed E-state index contributed by atoms with van der Waals surface area (Å²) < 4.78 is 12.3. The van der Waals surface area contributed by atoms with Crippen LogP contribution in [-0.4, -0.2) is 5.97 Å². The Morgan fingerprint density at radius 2 is 1.83 bits per heavy atom. The molecule has 2 heterocycles. The van der Waals surface area contributed by atoms with Crippen LogP contribution in [0.2, 0.25) is 5.02 Å². The lowest BCUT2D eigenvalue weighted by Crippen LogP contribution is -2.21. The highest BCUT2D eigenvalue weighted by Crippen LogP contribution is 2.44. The number of hydrogen-bond acceptors (Lipinski definition) is 6. The van der Waals surface area contributed by atoms with E-state index in [0.717, 1.165) is 21.2 Å². The minimum Gasteiger partial charge on any atom is -0.440 e. The van der Waals surface area contributed by atoms with Crippen LogP contribution in [0.1, 0.15) is 53.1 Å². The molecule has 0 fully saturated rings. The van der Waals surface area contributed by atoms with Gasteiger partial charge in [-0.15, -0.1) is 11.3 Å². The Hall–Kier alpha value is -3.79. The molecule has 180 valence electrons. The first-order valence-electron chi connectivity index (χ1n) is 11.4. The lowest BCUT2D eigenvalue weighted by atomic mass is 9.81. The summed E-state index contributed by atoms with van der Waals surface area (Å²) in [5.41, 5.74) is 9.38. The number of esters is 1. The Balaban J connectivity index is 1.48. The molecule has 5 rings (SSSR count). The fraction of sp³-hybridized carbons (Fsp3) is 0.172. The Kier molecular flexibility index (Phi) is 5.99. The number of nitrogens with two attached hydrogens (primary N) is 1. The molecule has 2 N–H and O–H groups in total. The summed E-state index contributed by atoms with van der Waals surface area (Å²) >= 11 is 7.73. The van der Waals surface area contributed by atoms with E-state index in [2.05, 4.69) is 39.0 Å². The van der Waals surface area contributed by atoms with E-state index < -0.39 is 11.9 Å². The summed E-state index contributed by atoms with van der Waals surface area (Å²) in [4.78, 5) is 13.3. The molecule has 4 aromatic rings. The van der Waals surface area contributed by atoms with E-state index in [0.29, 0.717) is 27.0 Å². The zero-order valence-electron chi connectivity index (χ0n) is 20.0. The van der Waals surface area contributed by atoms with Gasteiger partial charge in [0, 0.05) is 21.7 Å². The zero-order valence-corrected chi connectivity index (χ0v) is 21.5. The maximum atomic E-state index is 12.9. The van der Waals surface area contributed by atoms with E-state index in [1.54, 1.807) is 18.2 Å². The summed E-state index contributed by atoms with van der Waals surface area (Å²) in [5.74, 6) is -0.181. The third kappa shape index (κ3) is 4.21. The molecule has 0 radical (unpaired) electrons. The second-order valence-electron chi connectivity index (χ2n) is 9.63. The van der Waals surface area contributed by atoms with E-state index in [9.17, 15) is 10.1 Å². The van der Waals surface area contributed by atoms with Crippen LogP contribution in [0, 0.1) is 11.3 Å². The number of allylic oxidation sites excluding steroid dienone is 1. The molecule has 7 heteroatoms. The minimum absolute atomic E-state index is 0.00905. The number of nitriles is 1. The van der Waals surface area contributed by atoms with Crippen molar-refractivity contribution in [3.05, 3.63) is 105 Å². The maximum absolute atomic E-state index is 12.9. The second-order valence-corrected chi connectivity index (χ2v) is 11.1. The van der Waals surface area contributed by atoms with Gasteiger partial charge in [-0.1, -0.05) is 80.9 Å². The van der Waals surface area contributed by atoms with Crippen LogP contribution < -0.4 is 15.2 Å². The van der Waals surface area contributed by atoms with Crippen molar-refractivity contribution in [3.8, 4) is 17.6 Å². The number of ether oxygens (including phenoxy) is 2. The molecule has 3 aromatic carbocycles. The van der Waals surface area contributed by atoms with E-state index in [1.165, 1.54) is 16.9 Å². The first-order chi connectivity index (χ1) is 17.2. The largest absolute Gasteiger partial charge is 0.440 e. The quantitative estimate of drug-likeness (QED) is 0.229. The molecule has 0 saturated carbocycles. The summed E-state index contributed by atoms with van der Waals surface area (Å²) in [7, 11) is 0. The van der Waals surface area contributed by atoms with Crippen molar-refractivity contribution >= 4 is 39.0 Å². The van der Waals surface area contributed by atoms with Crippen LogP contribution in [-0.2, 0) is 5.41 Å². The van der Waals surface area contributed by atoms with Gasteiger partial charge in [0.25, 0.3) is 0 Å². The molecule has 0 amide bonds. The first-order valence-corrected chi connectivity index (χ1v) is 12.6. The number of carbonyl (C=O) groups is 1. The molecule has 0 saturated heterocycles. The normalized spacial score (nSPS) is 15.2. The number of halogens is 1. The Morgan fingerprint density at radius 1 is 1.11 bits per heavy atom. The van der Waals surface area contributed by atoms with Crippen LogP contribution in [0.4, 0.5) is 0 Å². The molecular formula is C29H23ClN2O3S. The average molecular weight is 515 g/mol. The standard InChI is InChI=1S/C29H23ClN2O3S/c1-29(2,3)17-10-8-16(9-11-17)24-19-13-12-18(14-22(19)35-27(32)21(24)15-31)34-28(33)26-25(30)20-6-4-5-7-23(20)36-26/h4-14,24H,32H2,1-3H3. The third-order valence-corrected chi connectivity index (χ3v) is 7.89. The summed E-state index contributed by atoms with van der Waals surface area (Å²) in [6.07, 6.45) is 0. The number of benzene rings is 3. The molecule has 5 nitrogen and oxygen atoms in total. The molecule has 1 aliphatic heterocycles. The van der Waals surface area contributed by atoms with Crippen LogP contribution >= 0.6 is 22.9 Å². The summed E-state index contributed by atoms with van der Waals surface area (Å²) in [6.45, 7) is 6.46. The Labute approximate surface area is 218 Å². The van der Waals surface area contributed by atoms with Crippen LogP contribution in [0.15, 0.2) is 78.2 Å². The number of carbonyl (C=O) groups excluding carboxylic acids is 1. The van der Waals surface area contributed by atoms with Gasteiger partial charge in [0.05, 0.1) is 10.9 Å². The Bertz CT molecular complexity index is 1570. The van der Waals surface area contributed by atoms with Gasteiger partial charge in [0.1, 0.15) is 28.0 Å². The summed E-state index contributed by atoms with van der Waals surface area (Å²) in [6, 6.07) is 23.0. The average Bonchev–Trinajstić information content (AvgIpc) is 3.19. The van der Waals surface area contributed by atoms with Gasteiger partial charge in [-0.25, -0.2) is 4.79 Å². The highest BCUT2D eigenvalue weighted by Gasteiger charge is 2.31. The third-order valence-electron chi connectivity index (χ3n) is 6.23. The first kappa shape index (κ1) is 23.9. The topological polar surface area (TPSA) is 85.3 Å². The van der Waals surface area contributed by atoms with Crippen LogP contribution in [0.25, 0.3) is 10.1 Å². The van der Waals surface area contributed by atoms with Crippen LogP contribution in [0.3, 0.4) is 0 Å². The molecule has 36 heavy (non-hydrogen) atoms. The van der Waals surface area contributed by atoms with Gasteiger partial charge >= 0.3 is 5.97 Å². The lowest BCUT2D eigenvalue weighted by Gasteiger charge is -2.27. The fourth-order valence-corrected chi connectivity index (χ4v) is 5.70. The molecule has 0 bridgehead atoms. The van der Waals surface area contributed by atoms with Crippen molar-refractivity contribution < 1.29 is 14.3 Å². The van der Waals surface area contributed by atoms with Crippen molar-refractivity contribution in [3.63, 3.8) is 0 Å². The summed E-state index contributed by atoms with van der Waals surface area (Å²) in [5, 5.41) is 11.0. The smallest absolute Gasteiger partial charge is 0.355 e. The van der Waals surface area contributed by atoms with E-state index in [1.807, 2.05) is 36.4 Å². The van der Waals surface area contributed by atoms with Crippen molar-refractivity contribution in [1.29, 1.82) is 5.26 Å². The molecule has 1 aromatic heterocycles. The lowest BCUT2D eigenvalue weighted by molar-refractivity contribution is 0.0740. The molecule has 1 aliphatic rings. The monoisotopic (exact) mass is 514 g/mol. The van der Waals surface area contributed by atoms with E-state index in [4.69, 9.17) is 26.8 Å². The molecule has 1 unspecified atom stereocenters. The predicted molar refractivity (Wildman–Crippen MR) is 143 cm³/mol. The van der Waals surface area contributed by atoms with Crippen molar-refractivity contribution in [2.45, 2.75) is 32.1 Å². The number of thiophene rings is 1. The van der Waals surface area contributed by atoms with Crippen molar-refractivity contribution in [1.82, 2.24) is 0 Å². The number of rotatable bonds is 3. The van der Waals surface area contributed by atoms with E-state index in [-0.39, 0.29) is 11.3 Å². The maximum Gasteiger partial charge on any atom is 0.355 e. The van der Waals surface area contributed by atoms with Gasteiger partial charge in [0.2, 0.25) is 5.88 Å². The van der Waals surface area contributed by atoms with Crippen molar-refractivity contribution in [2.75, 3.05) is 0 Å². The minimum atomic E-state index is -0.549. The van der Waals surface area contributed by atoms with E-state index >= 15 is 0 Å². The SMILES string of the molecule is CC(C)(C)c1ccc(C2C(C#N)=C(N)Oc3cc(OC(=O)c4sc5ccccc5c4Cl)ccc32)cc1. The molecular weight excluding hydrogens is 492 g/mol. The zero-order chi connectivity index (χ0) is 25.6. The highest BCUT2D eigenvalue weighted by molar-refractivity contribution is 7.21. The fourth-order valence-electron chi connectivity index (χ4n) is 4.32. The molecule has 1 atom stereocenters. The van der Waals surface area contributed by atoms with Gasteiger partial charge in [-0.05, 0) is 28.7 Å². The highest BCUT2D eigenvalue weighted by atomic mass is 35.5. The number of hydrogen-bond donors (Lipinski definition) is 1. The Morgan fingerprint density at radius 3 is 2.50 bits per heavy atom. The van der Waals surface area contributed by atoms with Gasteiger partial charge < -0.3 is 15.2 Å². The van der Waals surface area contributed by atoms with Gasteiger partial charge in [0.15, 0.2) is 0 Å². The predicted octanol–water partition coefficient (Wildman–Crippen LogP) is 7.29. The molecule has 0 spiro atoms. The second kappa shape index (κ2) is 9.02. The number of nitrogens with zero attached hydrogens (tertiary/aromatic N) is 1. The molecule has 0 aliphatic carbocycles. The van der Waals surface area contributed by atoms with Crippen LogP contribution in [0.5, 0.6) is 11.5 Å². The number of fused-ring (bicyclic) bond motifs is 2.